The second-order valence-corrected chi connectivity index (χ2v) is 6.22. The van der Waals surface area contributed by atoms with E-state index in [0.717, 1.165) is 33.5 Å². The summed E-state index contributed by atoms with van der Waals surface area (Å²) < 4.78 is 0. The first-order chi connectivity index (χ1) is 11.5. The summed E-state index contributed by atoms with van der Waals surface area (Å²) in [6.45, 7) is 1.60. The van der Waals surface area contributed by atoms with Crippen molar-refractivity contribution in [3.63, 3.8) is 0 Å². The first kappa shape index (κ1) is 16.0. The molecule has 2 N–H and O–H groups in total. The van der Waals surface area contributed by atoms with Crippen molar-refractivity contribution in [1.82, 2.24) is 4.98 Å². The standard InChI is InChI=1S/C20H21N3O/c1-13(24)14-7-8-15(9-14)17-11-19(20(21)22-12-17)16-5-4-6-18(10-16)23(2)3/h4-8,10-12H,9H2,1-3H3,(H2,21,22). The maximum absolute atomic E-state index is 11.5. The summed E-state index contributed by atoms with van der Waals surface area (Å²) in [6.07, 6.45) is 6.31. The van der Waals surface area contributed by atoms with Gasteiger partial charge in [0.1, 0.15) is 5.82 Å². The molecule has 0 fully saturated rings. The molecule has 0 bridgehead atoms. The number of carbonyl (C=O) groups is 1. The Bertz CT molecular complexity index is 863. The molecule has 1 aliphatic carbocycles. The van der Waals surface area contributed by atoms with Crippen molar-refractivity contribution in [2.24, 2.45) is 0 Å². The highest BCUT2D eigenvalue weighted by Gasteiger charge is 2.15. The minimum Gasteiger partial charge on any atom is -0.383 e. The molecule has 0 saturated carbocycles. The zero-order valence-electron chi connectivity index (χ0n) is 14.2. The maximum atomic E-state index is 11.5. The summed E-state index contributed by atoms with van der Waals surface area (Å²) in [6, 6.07) is 10.3. The molecular weight excluding hydrogens is 298 g/mol. The van der Waals surface area contributed by atoms with Crippen LogP contribution in [0.25, 0.3) is 16.7 Å². The zero-order chi connectivity index (χ0) is 17.3. The van der Waals surface area contributed by atoms with Gasteiger partial charge in [-0.3, -0.25) is 4.79 Å². The van der Waals surface area contributed by atoms with Crippen LogP contribution in [0.5, 0.6) is 0 Å². The summed E-state index contributed by atoms with van der Waals surface area (Å²) in [5.41, 5.74) is 12.1. The number of hydrogen-bond donors (Lipinski definition) is 1. The van der Waals surface area contributed by atoms with E-state index in [1.54, 1.807) is 13.1 Å². The summed E-state index contributed by atoms with van der Waals surface area (Å²) in [5.74, 6) is 0.622. The fraction of sp³-hybridized carbons (Fsp3) is 0.200. The Kier molecular flexibility index (Phi) is 4.21. The highest BCUT2D eigenvalue weighted by atomic mass is 16.1. The van der Waals surface area contributed by atoms with E-state index in [1.807, 2.05) is 38.4 Å². The lowest BCUT2D eigenvalue weighted by molar-refractivity contribution is -0.113. The van der Waals surface area contributed by atoms with E-state index >= 15 is 0 Å². The third-order valence-electron chi connectivity index (χ3n) is 4.28. The fourth-order valence-electron chi connectivity index (χ4n) is 2.80. The van der Waals surface area contributed by atoms with Crippen molar-refractivity contribution in [1.29, 1.82) is 0 Å². The molecule has 122 valence electrons. The largest absolute Gasteiger partial charge is 0.383 e. The number of allylic oxidation sites excluding steroid dienone is 4. The number of nitrogens with two attached hydrogens (primary N) is 1. The van der Waals surface area contributed by atoms with Crippen LogP contribution in [0.2, 0.25) is 0 Å². The van der Waals surface area contributed by atoms with Gasteiger partial charge < -0.3 is 10.6 Å². The molecule has 4 nitrogen and oxygen atoms in total. The highest BCUT2D eigenvalue weighted by Crippen LogP contribution is 2.33. The normalized spacial score (nSPS) is 13.5. The van der Waals surface area contributed by atoms with E-state index in [0.29, 0.717) is 12.2 Å². The molecule has 0 atom stereocenters. The van der Waals surface area contributed by atoms with Crippen molar-refractivity contribution in [3.8, 4) is 11.1 Å². The predicted molar refractivity (Wildman–Crippen MR) is 99.8 cm³/mol. The molecule has 1 aliphatic rings. The molecule has 2 aromatic rings. The minimum absolute atomic E-state index is 0.114. The molecule has 4 heteroatoms. The summed E-state index contributed by atoms with van der Waals surface area (Å²) in [4.78, 5) is 17.9. The highest BCUT2D eigenvalue weighted by molar-refractivity contribution is 5.98. The fourth-order valence-corrected chi connectivity index (χ4v) is 2.80. The predicted octanol–water partition coefficient (Wildman–Crippen LogP) is 3.70. The SMILES string of the molecule is CC(=O)C1=CC=C(c2cnc(N)c(-c3cccc(N(C)C)c3)c2)C1. The van der Waals surface area contributed by atoms with E-state index in [2.05, 4.69) is 28.1 Å². The van der Waals surface area contributed by atoms with Crippen LogP contribution < -0.4 is 10.6 Å². The lowest BCUT2D eigenvalue weighted by Crippen LogP contribution is -2.08. The molecule has 0 radical (unpaired) electrons. The van der Waals surface area contributed by atoms with Gasteiger partial charge in [0.15, 0.2) is 5.78 Å². The van der Waals surface area contributed by atoms with E-state index in [4.69, 9.17) is 5.73 Å². The number of benzene rings is 1. The molecule has 1 aromatic carbocycles. The second-order valence-electron chi connectivity index (χ2n) is 6.22. The Balaban J connectivity index is 1.96. The Morgan fingerprint density at radius 1 is 1.17 bits per heavy atom. The summed E-state index contributed by atoms with van der Waals surface area (Å²) in [5, 5.41) is 0. The van der Waals surface area contributed by atoms with Gasteiger partial charge in [0.05, 0.1) is 0 Å². The van der Waals surface area contributed by atoms with Gasteiger partial charge >= 0.3 is 0 Å². The van der Waals surface area contributed by atoms with Gasteiger partial charge in [-0.1, -0.05) is 24.3 Å². The third kappa shape index (κ3) is 3.08. The maximum Gasteiger partial charge on any atom is 0.156 e. The lowest BCUT2D eigenvalue weighted by Gasteiger charge is -2.15. The smallest absolute Gasteiger partial charge is 0.156 e. The molecule has 0 saturated heterocycles. The number of nitrogens with zero attached hydrogens (tertiary/aromatic N) is 2. The van der Waals surface area contributed by atoms with Crippen molar-refractivity contribution in [2.45, 2.75) is 13.3 Å². The first-order valence-corrected chi connectivity index (χ1v) is 7.90. The number of hydrogen-bond acceptors (Lipinski definition) is 4. The van der Waals surface area contributed by atoms with E-state index < -0.39 is 0 Å². The number of nitrogen functional groups attached to an aromatic ring is 1. The van der Waals surface area contributed by atoms with Crippen LogP contribution in [-0.4, -0.2) is 24.9 Å². The van der Waals surface area contributed by atoms with Gasteiger partial charge in [-0.15, -0.1) is 0 Å². The van der Waals surface area contributed by atoms with E-state index in [9.17, 15) is 4.79 Å². The average molecular weight is 319 g/mol. The van der Waals surface area contributed by atoms with Crippen LogP contribution in [0.15, 0.2) is 54.3 Å². The second kappa shape index (κ2) is 6.32. The Morgan fingerprint density at radius 3 is 2.62 bits per heavy atom. The molecule has 0 spiro atoms. The van der Waals surface area contributed by atoms with E-state index in [-0.39, 0.29) is 5.78 Å². The number of anilines is 2. The Morgan fingerprint density at radius 2 is 1.96 bits per heavy atom. The summed E-state index contributed by atoms with van der Waals surface area (Å²) in [7, 11) is 4.02. The average Bonchev–Trinajstić information content (AvgIpc) is 3.05. The molecule has 1 aromatic heterocycles. The van der Waals surface area contributed by atoms with E-state index in [1.165, 1.54) is 0 Å². The summed E-state index contributed by atoms with van der Waals surface area (Å²) >= 11 is 0. The Labute approximate surface area is 142 Å². The van der Waals surface area contributed by atoms with Crippen molar-refractivity contribution in [2.75, 3.05) is 24.7 Å². The van der Waals surface area contributed by atoms with Gasteiger partial charge in [0, 0.05) is 38.0 Å². The minimum atomic E-state index is 0.114. The van der Waals surface area contributed by atoms with Crippen LogP contribution in [0.1, 0.15) is 18.9 Å². The number of rotatable bonds is 4. The number of Topliss-reactive ketones (excluding diaryl/α,β-unsaturated/α-hetero) is 1. The van der Waals surface area contributed by atoms with Crippen molar-refractivity contribution >= 4 is 22.9 Å². The molecule has 0 amide bonds. The van der Waals surface area contributed by atoms with Crippen LogP contribution in [0, 0.1) is 0 Å². The Hall–Kier alpha value is -2.88. The van der Waals surface area contributed by atoms with Crippen LogP contribution in [0.4, 0.5) is 11.5 Å². The van der Waals surface area contributed by atoms with Gasteiger partial charge in [-0.05, 0) is 47.4 Å². The number of carbonyl (C=O) groups excluding carboxylic acids is 1. The number of ketones is 1. The monoisotopic (exact) mass is 319 g/mol. The molecule has 3 rings (SSSR count). The van der Waals surface area contributed by atoms with Gasteiger partial charge in [0.25, 0.3) is 0 Å². The molecule has 0 unspecified atom stereocenters. The third-order valence-corrected chi connectivity index (χ3v) is 4.28. The molecule has 1 heterocycles. The number of aromatic nitrogens is 1. The van der Waals surface area contributed by atoms with Gasteiger partial charge in [-0.2, -0.15) is 0 Å². The molecule has 24 heavy (non-hydrogen) atoms. The van der Waals surface area contributed by atoms with Gasteiger partial charge in [-0.25, -0.2) is 4.98 Å². The van der Waals surface area contributed by atoms with Crippen molar-refractivity contribution < 1.29 is 4.79 Å². The lowest BCUT2D eigenvalue weighted by atomic mass is 9.98. The van der Waals surface area contributed by atoms with Crippen LogP contribution >= 0.6 is 0 Å². The molecular formula is C20H21N3O. The van der Waals surface area contributed by atoms with Crippen molar-refractivity contribution in [3.05, 3.63) is 59.8 Å². The van der Waals surface area contributed by atoms with Crippen LogP contribution in [0.3, 0.4) is 0 Å². The number of pyridine rings is 1. The topological polar surface area (TPSA) is 59.2 Å². The molecule has 0 aliphatic heterocycles. The zero-order valence-corrected chi connectivity index (χ0v) is 14.2. The quantitative estimate of drug-likeness (QED) is 0.933. The van der Waals surface area contributed by atoms with Gasteiger partial charge in [0.2, 0.25) is 0 Å². The first-order valence-electron chi connectivity index (χ1n) is 7.90. The van der Waals surface area contributed by atoms with Crippen LogP contribution in [-0.2, 0) is 4.79 Å².